The number of nitrogens with one attached hydrogen (secondary N) is 1. The molecule has 0 saturated heterocycles. The van der Waals surface area contributed by atoms with Gasteiger partial charge in [-0.25, -0.2) is 9.97 Å². The van der Waals surface area contributed by atoms with Crippen molar-refractivity contribution in [2.24, 2.45) is 0 Å². The molecule has 1 aromatic heterocycles. The van der Waals surface area contributed by atoms with Crippen LogP contribution in [0.25, 0.3) is 6.08 Å². The minimum atomic E-state index is -0.330. The quantitative estimate of drug-likeness (QED) is 0.879. The number of rotatable bonds is 4. The molecule has 0 bridgehead atoms. The van der Waals surface area contributed by atoms with E-state index in [1.165, 1.54) is 18.5 Å². The van der Waals surface area contributed by atoms with E-state index in [2.05, 4.69) is 15.3 Å². The van der Waals surface area contributed by atoms with Crippen LogP contribution in [-0.2, 0) is 4.79 Å². The van der Waals surface area contributed by atoms with Gasteiger partial charge < -0.3 is 10.1 Å². The van der Waals surface area contributed by atoms with Gasteiger partial charge in [0.15, 0.2) is 11.0 Å². The summed E-state index contributed by atoms with van der Waals surface area (Å²) < 4.78 is 5.05. The van der Waals surface area contributed by atoms with Crippen molar-refractivity contribution in [3.05, 3.63) is 53.5 Å². The molecule has 1 aromatic carbocycles. The second-order valence-electron chi connectivity index (χ2n) is 3.79. The number of anilines is 1. The second kappa shape index (κ2) is 6.68. The Balaban J connectivity index is 2.00. The number of hydrogen-bond acceptors (Lipinski definition) is 4. The summed E-state index contributed by atoms with van der Waals surface area (Å²) in [7, 11) is 1.60. The van der Waals surface area contributed by atoms with Crippen molar-refractivity contribution in [3.63, 3.8) is 0 Å². The normalized spacial score (nSPS) is 10.5. The average Bonchev–Trinajstić information content (AvgIpc) is 2.48. The summed E-state index contributed by atoms with van der Waals surface area (Å²) >= 11 is 5.79. The first-order valence-corrected chi connectivity index (χ1v) is 6.16. The molecular weight excluding hydrogens is 278 g/mol. The van der Waals surface area contributed by atoms with Crippen LogP contribution in [0.5, 0.6) is 5.75 Å². The van der Waals surface area contributed by atoms with Gasteiger partial charge in [-0.2, -0.15) is 0 Å². The Morgan fingerprint density at radius 2 is 1.95 bits per heavy atom. The van der Waals surface area contributed by atoms with Gasteiger partial charge in [-0.1, -0.05) is 23.7 Å². The third kappa shape index (κ3) is 3.80. The van der Waals surface area contributed by atoms with Crippen LogP contribution < -0.4 is 10.1 Å². The highest BCUT2D eigenvalue weighted by atomic mass is 35.5. The van der Waals surface area contributed by atoms with Crippen molar-refractivity contribution in [1.29, 1.82) is 0 Å². The molecule has 0 aliphatic carbocycles. The van der Waals surface area contributed by atoms with E-state index in [4.69, 9.17) is 16.3 Å². The Morgan fingerprint density at radius 3 is 2.60 bits per heavy atom. The highest BCUT2D eigenvalue weighted by Crippen LogP contribution is 2.15. The zero-order chi connectivity index (χ0) is 14.4. The molecule has 0 aliphatic rings. The molecular formula is C14H12ClN3O2. The molecule has 1 N–H and O–H groups in total. The summed E-state index contributed by atoms with van der Waals surface area (Å²) in [6.45, 7) is 0. The summed E-state index contributed by atoms with van der Waals surface area (Å²) in [6.07, 6.45) is 5.98. The fourth-order valence-corrected chi connectivity index (χ4v) is 1.60. The van der Waals surface area contributed by atoms with Crippen LogP contribution in [0.2, 0.25) is 5.15 Å². The summed E-state index contributed by atoms with van der Waals surface area (Å²) in [5, 5.41) is 2.70. The molecule has 0 spiro atoms. The molecule has 0 aliphatic heterocycles. The zero-order valence-corrected chi connectivity index (χ0v) is 11.5. The largest absolute Gasteiger partial charge is 0.497 e. The topological polar surface area (TPSA) is 64.1 Å². The number of benzene rings is 1. The number of carbonyl (C=O) groups is 1. The summed E-state index contributed by atoms with van der Waals surface area (Å²) in [5.74, 6) is 0.666. The van der Waals surface area contributed by atoms with Gasteiger partial charge in [0.2, 0.25) is 5.91 Å². The lowest BCUT2D eigenvalue weighted by molar-refractivity contribution is -0.111. The second-order valence-corrected chi connectivity index (χ2v) is 4.15. The number of ether oxygens (including phenoxy) is 1. The molecule has 20 heavy (non-hydrogen) atoms. The van der Waals surface area contributed by atoms with Crippen molar-refractivity contribution in [1.82, 2.24) is 9.97 Å². The van der Waals surface area contributed by atoms with Gasteiger partial charge >= 0.3 is 0 Å². The van der Waals surface area contributed by atoms with Gasteiger partial charge in [0.1, 0.15) is 5.75 Å². The number of carbonyl (C=O) groups excluding carboxylic acids is 1. The van der Waals surface area contributed by atoms with Crippen LogP contribution in [0.4, 0.5) is 5.82 Å². The van der Waals surface area contributed by atoms with E-state index in [1.54, 1.807) is 13.2 Å². The molecule has 5 nitrogen and oxygen atoms in total. The van der Waals surface area contributed by atoms with Crippen molar-refractivity contribution in [3.8, 4) is 5.75 Å². The summed E-state index contributed by atoms with van der Waals surface area (Å²) in [6, 6.07) is 7.32. The number of aromatic nitrogens is 2. The Hall–Kier alpha value is -2.40. The van der Waals surface area contributed by atoms with E-state index in [0.29, 0.717) is 0 Å². The standard InChI is InChI=1S/C14H12ClN3O2/c1-20-11-5-2-10(3-6-11)4-7-12(19)18-14-13(15)16-8-9-17-14/h2-9H,1H3,(H,17,18,19)/b7-4+. The lowest BCUT2D eigenvalue weighted by Crippen LogP contribution is -2.09. The highest BCUT2D eigenvalue weighted by molar-refractivity contribution is 6.32. The van der Waals surface area contributed by atoms with Gasteiger partial charge in [-0.15, -0.1) is 0 Å². The lowest BCUT2D eigenvalue weighted by atomic mass is 10.2. The van der Waals surface area contributed by atoms with E-state index < -0.39 is 0 Å². The van der Waals surface area contributed by atoms with Crippen molar-refractivity contribution in [2.75, 3.05) is 12.4 Å². The van der Waals surface area contributed by atoms with Gasteiger partial charge in [0.05, 0.1) is 7.11 Å². The molecule has 2 rings (SSSR count). The van der Waals surface area contributed by atoms with Crippen LogP contribution in [-0.4, -0.2) is 23.0 Å². The molecule has 1 amide bonds. The third-order valence-electron chi connectivity index (χ3n) is 2.44. The van der Waals surface area contributed by atoms with Crippen LogP contribution >= 0.6 is 11.6 Å². The molecule has 102 valence electrons. The first kappa shape index (κ1) is 14.0. The number of amides is 1. The Bertz CT molecular complexity index is 627. The molecule has 0 unspecified atom stereocenters. The van der Waals surface area contributed by atoms with Gasteiger partial charge in [-0.05, 0) is 23.8 Å². The van der Waals surface area contributed by atoms with Crippen LogP contribution in [0.3, 0.4) is 0 Å². The van der Waals surface area contributed by atoms with Crippen molar-refractivity contribution in [2.45, 2.75) is 0 Å². The Kier molecular flexibility index (Phi) is 4.68. The number of halogens is 1. The van der Waals surface area contributed by atoms with Gasteiger partial charge in [-0.3, -0.25) is 4.79 Å². The summed E-state index contributed by atoms with van der Waals surface area (Å²) in [4.78, 5) is 19.5. The third-order valence-corrected chi connectivity index (χ3v) is 2.71. The van der Waals surface area contributed by atoms with Crippen LogP contribution in [0.1, 0.15) is 5.56 Å². The molecule has 0 fully saturated rings. The number of nitrogens with zero attached hydrogens (tertiary/aromatic N) is 2. The van der Waals surface area contributed by atoms with E-state index in [1.807, 2.05) is 24.3 Å². The molecule has 0 radical (unpaired) electrons. The molecule has 0 atom stereocenters. The Morgan fingerprint density at radius 1 is 1.25 bits per heavy atom. The highest BCUT2D eigenvalue weighted by Gasteiger charge is 2.04. The molecule has 1 heterocycles. The van der Waals surface area contributed by atoms with E-state index >= 15 is 0 Å². The van der Waals surface area contributed by atoms with E-state index in [0.717, 1.165) is 11.3 Å². The first-order valence-electron chi connectivity index (χ1n) is 5.78. The SMILES string of the molecule is COc1ccc(/C=C/C(=O)Nc2nccnc2Cl)cc1. The maximum atomic E-state index is 11.7. The smallest absolute Gasteiger partial charge is 0.249 e. The fourth-order valence-electron chi connectivity index (χ4n) is 1.45. The first-order chi connectivity index (χ1) is 9.69. The van der Waals surface area contributed by atoms with E-state index in [-0.39, 0.29) is 16.9 Å². The van der Waals surface area contributed by atoms with Crippen molar-refractivity contribution < 1.29 is 9.53 Å². The van der Waals surface area contributed by atoms with Crippen LogP contribution in [0.15, 0.2) is 42.7 Å². The monoisotopic (exact) mass is 289 g/mol. The minimum absolute atomic E-state index is 0.152. The van der Waals surface area contributed by atoms with Crippen LogP contribution in [0, 0.1) is 0 Å². The number of methoxy groups -OCH3 is 1. The molecule has 0 saturated carbocycles. The van der Waals surface area contributed by atoms with Crippen molar-refractivity contribution >= 4 is 29.4 Å². The fraction of sp³-hybridized carbons (Fsp3) is 0.0714. The predicted octanol–water partition coefficient (Wildman–Crippen LogP) is 2.79. The minimum Gasteiger partial charge on any atom is -0.497 e. The van der Waals surface area contributed by atoms with Gasteiger partial charge in [0, 0.05) is 18.5 Å². The predicted molar refractivity (Wildman–Crippen MR) is 77.7 cm³/mol. The van der Waals surface area contributed by atoms with E-state index in [9.17, 15) is 4.79 Å². The lowest BCUT2D eigenvalue weighted by Gasteiger charge is -2.02. The maximum absolute atomic E-state index is 11.7. The maximum Gasteiger partial charge on any atom is 0.249 e. The molecule has 2 aromatic rings. The van der Waals surface area contributed by atoms with Gasteiger partial charge in [0.25, 0.3) is 0 Å². The Labute approximate surface area is 121 Å². The average molecular weight is 290 g/mol. The molecule has 6 heteroatoms. The summed E-state index contributed by atoms with van der Waals surface area (Å²) in [5.41, 5.74) is 0.881. The number of hydrogen-bond donors (Lipinski definition) is 1. The zero-order valence-electron chi connectivity index (χ0n) is 10.7.